The van der Waals surface area contributed by atoms with Gasteiger partial charge in [0.15, 0.2) is 0 Å². The average Bonchev–Trinajstić information content (AvgIpc) is 3.04. The van der Waals surface area contributed by atoms with Gasteiger partial charge in [-0.3, -0.25) is 9.59 Å². The molecule has 0 aliphatic carbocycles. The van der Waals surface area contributed by atoms with Gasteiger partial charge >= 0.3 is 5.97 Å². The normalized spacial score (nSPS) is 10.2. The van der Waals surface area contributed by atoms with Gasteiger partial charge in [0.2, 0.25) is 0 Å². The Labute approximate surface area is 134 Å². The lowest BCUT2D eigenvalue weighted by Gasteiger charge is -2.06. The molecule has 0 saturated heterocycles. The van der Waals surface area contributed by atoms with Crippen LogP contribution in [0.3, 0.4) is 0 Å². The van der Waals surface area contributed by atoms with Gasteiger partial charge in [-0.05, 0) is 42.1 Å². The van der Waals surface area contributed by atoms with E-state index in [2.05, 4.69) is 12.2 Å². The van der Waals surface area contributed by atoms with E-state index in [0.29, 0.717) is 22.7 Å². The summed E-state index contributed by atoms with van der Waals surface area (Å²) in [6.45, 7) is 2.09. The Balaban J connectivity index is 1.85. The molecule has 116 valence electrons. The molecule has 0 bridgehead atoms. The Morgan fingerprint density at radius 3 is 2.55 bits per heavy atom. The minimum absolute atomic E-state index is 0.140. The fraction of sp³-hybridized carbons (Fsp3) is 0.294. The first-order chi connectivity index (χ1) is 10.7. The van der Waals surface area contributed by atoms with Crippen LogP contribution in [0.15, 0.2) is 41.8 Å². The lowest BCUT2D eigenvalue weighted by Crippen LogP contribution is -2.10. The zero-order valence-electron chi connectivity index (χ0n) is 12.5. The van der Waals surface area contributed by atoms with Gasteiger partial charge in [-0.25, -0.2) is 0 Å². The Bertz CT molecular complexity index is 605. The summed E-state index contributed by atoms with van der Waals surface area (Å²) in [5.74, 6) is 0.138. The molecule has 0 atom stereocenters. The maximum Gasteiger partial charge on any atom is 0.311 e. The number of esters is 1. The van der Waals surface area contributed by atoms with E-state index in [1.807, 2.05) is 11.4 Å². The van der Waals surface area contributed by atoms with Gasteiger partial charge in [-0.1, -0.05) is 25.8 Å². The van der Waals surface area contributed by atoms with Crippen molar-refractivity contribution in [3.63, 3.8) is 0 Å². The highest BCUT2D eigenvalue weighted by molar-refractivity contribution is 7.12. The number of amides is 1. The van der Waals surface area contributed by atoms with Gasteiger partial charge in [-0.15, -0.1) is 11.3 Å². The summed E-state index contributed by atoms with van der Waals surface area (Å²) >= 11 is 1.39. The van der Waals surface area contributed by atoms with Crippen LogP contribution in [0.25, 0.3) is 0 Å². The summed E-state index contributed by atoms with van der Waals surface area (Å²) in [6, 6.07) is 10.4. The smallest absolute Gasteiger partial charge is 0.311 e. The van der Waals surface area contributed by atoms with Crippen molar-refractivity contribution in [1.82, 2.24) is 0 Å². The summed E-state index contributed by atoms with van der Waals surface area (Å²) in [7, 11) is 0. The van der Waals surface area contributed by atoms with Crippen molar-refractivity contribution < 1.29 is 14.3 Å². The number of hydrogen-bond acceptors (Lipinski definition) is 4. The lowest BCUT2D eigenvalue weighted by atomic mass is 10.2. The number of anilines is 1. The molecule has 0 aliphatic heterocycles. The van der Waals surface area contributed by atoms with E-state index in [1.54, 1.807) is 30.3 Å². The first kappa shape index (κ1) is 16.2. The predicted octanol–water partition coefficient (Wildman–Crippen LogP) is 4.49. The Morgan fingerprint density at radius 2 is 1.91 bits per heavy atom. The van der Waals surface area contributed by atoms with Crippen LogP contribution in [0.2, 0.25) is 0 Å². The number of ether oxygens (including phenoxy) is 1. The van der Waals surface area contributed by atoms with Gasteiger partial charge in [0, 0.05) is 12.1 Å². The molecule has 0 fully saturated rings. The minimum Gasteiger partial charge on any atom is -0.427 e. The number of carbonyl (C=O) groups excluding carboxylic acids is 2. The first-order valence-corrected chi connectivity index (χ1v) is 8.22. The van der Waals surface area contributed by atoms with Crippen LogP contribution in [-0.2, 0) is 4.79 Å². The summed E-state index contributed by atoms with van der Waals surface area (Å²) in [5.41, 5.74) is 0.671. The van der Waals surface area contributed by atoms with Crippen molar-refractivity contribution in [3.05, 3.63) is 46.7 Å². The number of hydrogen-bond donors (Lipinski definition) is 1. The summed E-state index contributed by atoms with van der Waals surface area (Å²) < 4.78 is 5.24. The number of unbranched alkanes of at least 4 members (excludes halogenated alkanes) is 2. The lowest BCUT2D eigenvalue weighted by molar-refractivity contribution is -0.134. The third kappa shape index (κ3) is 5.00. The van der Waals surface area contributed by atoms with Crippen molar-refractivity contribution >= 4 is 28.9 Å². The monoisotopic (exact) mass is 317 g/mol. The maximum atomic E-state index is 11.9. The highest BCUT2D eigenvalue weighted by atomic mass is 32.1. The largest absolute Gasteiger partial charge is 0.427 e. The highest BCUT2D eigenvalue weighted by Gasteiger charge is 2.08. The topological polar surface area (TPSA) is 55.4 Å². The molecule has 0 aliphatic rings. The zero-order chi connectivity index (χ0) is 15.8. The third-order valence-corrected chi connectivity index (χ3v) is 3.94. The minimum atomic E-state index is -0.219. The summed E-state index contributed by atoms with van der Waals surface area (Å²) in [6.07, 6.45) is 3.39. The van der Waals surface area contributed by atoms with Crippen molar-refractivity contribution in [3.8, 4) is 5.75 Å². The van der Waals surface area contributed by atoms with Crippen LogP contribution in [0.4, 0.5) is 5.69 Å². The van der Waals surface area contributed by atoms with Crippen molar-refractivity contribution in [1.29, 1.82) is 0 Å². The fourth-order valence-electron chi connectivity index (χ4n) is 1.91. The van der Waals surface area contributed by atoms with E-state index < -0.39 is 0 Å². The number of thiophene rings is 1. The molecule has 1 N–H and O–H groups in total. The number of rotatable bonds is 7. The molecule has 4 nitrogen and oxygen atoms in total. The van der Waals surface area contributed by atoms with Crippen molar-refractivity contribution in [2.45, 2.75) is 32.6 Å². The van der Waals surface area contributed by atoms with E-state index >= 15 is 0 Å². The standard InChI is InChI=1S/C17H19NO3S/c1-2-3-4-7-16(19)21-14-10-8-13(9-11-14)18-17(20)15-6-5-12-22-15/h5-6,8-12H,2-4,7H2,1H3,(H,18,20). The molecule has 1 heterocycles. The van der Waals surface area contributed by atoms with Gasteiger partial charge in [-0.2, -0.15) is 0 Å². The Morgan fingerprint density at radius 1 is 1.14 bits per heavy atom. The van der Waals surface area contributed by atoms with Gasteiger partial charge in [0.1, 0.15) is 5.75 Å². The number of benzene rings is 1. The molecule has 1 aromatic carbocycles. The van der Waals surface area contributed by atoms with Gasteiger partial charge in [0.25, 0.3) is 5.91 Å². The second-order valence-corrected chi connectivity index (χ2v) is 5.83. The predicted molar refractivity (Wildman–Crippen MR) is 88.5 cm³/mol. The van der Waals surface area contributed by atoms with Crippen LogP contribution < -0.4 is 10.1 Å². The molecule has 0 radical (unpaired) electrons. The van der Waals surface area contributed by atoms with E-state index in [-0.39, 0.29) is 11.9 Å². The van der Waals surface area contributed by atoms with Crippen LogP contribution in [0.5, 0.6) is 5.75 Å². The first-order valence-electron chi connectivity index (χ1n) is 7.34. The molecule has 1 amide bonds. The van der Waals surface area contributed by atoms with Crippen LogP contribution in [-0.4, -0.2) is 11.9 Å². The second-order valence-electron chi connectivity index (χ2n) is 4.89. The molecular weight excluding hydrogens is 298 g/mol. The molecule has 0 spiro atoms. The average molecular weight is 317 g/mol. The maximum absolute atomic E-state index is 11.9. The van der Waals surface area contributed by atoms with Crippen molar-refractivity contribution in [2.75, 3.05) is 5.32 Å². The molecule has 22 heavy (non-hydrogen) atoms. The van der Waals surface area contributed by atoms with E-state index in [1.165, 1.54) is 11.3 Å². The van der Waals surface area contributed by atoms with Gasteiger partial charge in [0.05, 0.1) is 4.88 Å². The zero-order valence-corrected chi connectivity index (χ0v) is 13.3. The second kappa shape index (κ2) is 8.34. The highest BCUT2D eigenvalue weighted by Crippen LogP contribution is 2.18. The molecule has 2 aromatic rings. The summed E-state index contributed by atoms with van der Waals surface area (Å²) in [5, 5.41) is 4.65. The van der Waals surface area contributed by atoms with Crippen molar-refractivity contribution in [2.24, 2.45) is 0 Å². The fourth-order valence-corrected chi connectivity index (χ4v) is 2.53. The molecule has 5 heteroatoms. The number of carbonyl (C=O) groups is 2. The molecule has 1 aromatic heterocycles. The molecular formula is C17H19NO3S. The summed E-state index contributed by atoms with van der Waals surface area (Å²) in [4.78, 5) is 24.2. The molecule has 0 unspecified atom stereocenters. The van der Waals surface area contributed by atoms with Crippen LogP contribution in [0, 0.1) is 0 Å². The molecule has 0 saturated carbocycles. The quantitative estimate of drug-likeness (QED) is 0.465. The van der Waals surface area contributed by atoms with Crippen LogP contribution in [0.1, 0.15) is 42.3 Å². The SMILES string of the molecule is CCCCCC(=O)Oc1ccc(NC(=O)c2cccs2)cc1. The Hall–Kier alpha value is -2.14. The Kier molecular flexibility index (Phi) is 6.15. The number of nitrogens with one attached hydrogen (secondary N) is 1. The third-order valence-electron chi connectivity index (χ3n) is 3.07. The van der Waals surface area contributed by atoms with Gasteiger partial charge < -0.3 is 10.1 Å². The van der Waals surface area contributed by atoms with E-state index in [9.17, 15) is 9.59 Å². The van der Waals surface area contributed by atoms with Crippen LogP contribution >= 0.6 is 11.3 Å². The van der Waals surface area contributed by atoms with E-state index in [0.717, 1.165) is 19.3 Å². The molecule has 2 rings (SSSR count). The van der Waals surface area contributed by atoms with E-state index in [4.69, 9.17) is 4.74 Å².